The van der Waals surface area contributed by atoms with Crippen LogP contribution in [-0.2, 0) is 9.59 Å². The topological polar surface area (TPSA) is 149 Å². The van der Waals surface area contributed by atoms with Crippen LogP contribution in [0.5, 0.6) is 0 Å². The highest BCUT2D eigenvalue weighted by Crippen LogP contribution is 2.35. The third-order valence-corrected chi connectivity index (χ3v) is 3.63. The molecule has 24 heavy (non-hydrogen) atoms. The molecule has 8 nitrogen and oxygen atoms in total. The van der Waals surface area contributed by atoms with Gasteiger partial charge in [0.25, 0.3) is 0 Å². The highest BCUT2D eigenvalue weighted by atomic mass is 16.4. The first-order valence-electron chi connectivity index (χ1n) is 6.65. The van der Waals surface area contributed by atoms with Crippen molar-refractivity contribution in [2.45, 2.75) is 6.42 Å². The van der Waals surface area contributed by atoms with Crippen molar-refractivity contribution in [1.82, 2.24) is 0 Å². The Bertz CT molecular complexity index is 769. The summed E-state index contributed by atoms with van der Waals surface area (Å²) in [4.78, 5) is 45.0. The molecule has 1 aliphatic rings. The van der Waals surface area contributed by atoms with Crippen LogP contribution in [0, 0.1) is 5.41 Å². The third-order valence-electron chi connectivity index (χ3n) is 3.63. The maximum atomic E-state index is 11.4. The lowest BCUT2D eigenvalue weighted by Gasteiger charge is -2.23. The van der Waals surface area contributed by atoms with Gasteiger partial charge in [0, 0.05) is 0 Å². The second kappa shape index (κ2) is 5.99. The molecule has 0 atom stereocenters. The number of carbonyl (C=O) groups is 4. The number of hydrogen-bond acceptors (Lipinski definition) is 4. The van der Waals surface area contributed by atoms with E-state index in [-0.39, 0.29) is 28.7 Å². The quantitative estimate of drug-likeness (QED) is 0.469. The summed E-state index contributed by atoms with van der Waals surface area (Å²) in [5.74, 6) is -5.91. The second-order valence-electron chi connectivity index (χ2n) is 5.16. The van der Waals surface area contributed by atoms with Crippen LogP contribution in [0.3, 0.4) is 0 Å². The monoisotopic (exact) mass is 332 g/mol. The average Bonchev–Trinajstić information content (AvgIpc) is 2.53. The summed E-state index contributed by atoms with van der Waals surface area (Å²) < 4.78 is 0. The van der Waals surface area contributed by atoms with Crippen molar-refractivity contribution >= 4 is 29.5 Å². The highest BCUT2D eigenvalue weighted by molar-refractivity contribution is 6.05. The molecule has 4 N–H and O–H groups in total. The second-order valence-corrected chi connectivity index (χ2v) is 5.16. The summed E-state index contributed by atoms with van der Waals surface area (Å²) in [5.41, 5.74) is -2.51. The lowest BCUT2D eigenvalue weighted by molar-refractivity contribution is -0.157. The summed E-state index contributed by atoms with van der Waals surface area (Å²) in [7, 11) is 0. The Kier molecular flexibility index (Phi) is 4.23. The average molecular weight is 332 g/mol. The SMILES string of the molecule is O=C(O)c1cc(C(=O)O)cc(C2=CC(C(=O)O)(C(=O)O)C=CC2)c1. The number of benzene rings is 1. The molecule has 0 saturated carbocycles. The molecule has 0 bridgehead atoms. The van der Waals surface area contributed by atoms with Crippen LogP contribution in [-0.4, -0.2) is 44.3 Å². The van der Waals surface area contributed by atoms with E-state index < -0.39 is 29.3 Å². The molecule has 1 aromatic rings. The summed E-state index contributed by atoms with van der Waals surface area (Å²) in [6.07, 6.45) is 3.50. The van der Waals surface area contributed by atoms with Crippen LogP contribution < -0.4 is 0 Å². The molecule has 0 fully saturated rings. The van der Waals surface area contributed by atoms with Crippen molar-refractivity contribution < 1.29 is 39.6 Å². The molecule has 0 radical (unpaired) electrons. The number of carboxylic acid groups (broad SMARTS) is 4. The van der Waals surface area contributed by atoms with Crippen LogP contribution in [0.15, 0.2) is 36.4 Å². The fourth-order valence-electron chi connectivity index (χ4n) is 2.37. The number of hydrogen-bond donors (Lipinski definition) is 4. The third kappa shape index (κ3) is 2.89. The standard InChI is InChI=1S/C16H12O8/c17-12(18)10-4-9(5-11(6-10)13(19)20)8-2-1-3-16(7-8,14(21)22)15(23)24/h1,3-7H,2H2,(H,17,18)(H,19,20)(H,21,22)(H,23,24). The summed E-state index contributed by atoms with van der Waals surface area (Å²) in [5, 5.41) is 36.6. The fraction of sp³-hybridized carbons (Fsp3) is 0.125. The van der Waals surface area contributed by atoms with Gasteiger partial charge in [0.1, 0.15) is 0 Å². The van der Waals surface area contributed by atoms with Crippen molar-refractivity contribution in [2.24, 2.45) is 5.41 Å². The first-order valence-corrected chi connectivity index (χ1v) is 6.65. The zero-order valence-electron chi connectivity index (χ0n) is 12.1. The predicted molar refractivity (Wildman–Crippen MR) is 79.8 cm³/mol. The van der Waals surface area contributed by atoms with Gasteiger partial charge in [-0.25, -0.2) is 9.59 Å². The zero-order valence-corrected chi connectivity index (χ0v) is 12.1. The Morgan fingerprint density at radius 1 is 0.833 bits per heavy atom. The summed E-state index contributed by atoms with van der Waals surface area (Å²) in [6, 6.07) is 3.32. The van der Waals surface area contributed by atoms with Crippen molar-refractivity contribution in [1.29, 1.82) is 0 Å². The van der Waals surface area contributed by atoms with Crippen LogP contribution in [0.1, 0.15) is 32.7 Å². The van der Waals surface area contributed by atoms with Crippen LogP contribution in [0.25, 0.3) is 5.57 Å². The predicted octanol–water partition coefficient (Wildman–Crippen LogP) is 1.58. The maximum absolute atomic E-state index is 11.4. The summed E-state index contributed by atoms with van der Waals surface area (Å²) in [6.45, 7) is 0. The molecule has 0 saturated heterocycles. The van der Waals surface area contributed by atoms with Gasteiger partial charge in [-0.3, -0.25) is 9.59 Å². The fourth-order valence-corrected chi connectivity index (χ4v) is 2.37. The van der Waals surface area contributed by atoms with Crippen LogP contribution >= 0.6 is 0 Å². The maximum Gasteiger partial charge on any atom is 0.335 e. The van der Waals surface area contributed by atoms with E-state index in [1.807, 2.05) is 0 Å². The molecule has 0 amide bonds. The zero-order chi connectivity index (χ0) is 18.1. The first-order chi connectivity index (χ1) is 11.2. The van der Waals surface area contributed by atoms with E-state index in [2.05, 4.69) is 0 Å². The van der Waals surface area contributed by atoms with E-state index in [4.69, 9.17) is 10.2 Å². The van der Waals surface area contributed by atoms with E-state index in [1.165, 1.54) is 18.2 Å². The number of aliphatic carboxylic acids is 2. The van der Waals surface area contributed by atoms with E-state index >= 15 is 0 Å². The van der Waals surface area contributed by atoms with E-state index in [0.29, 0.717) is 0 Å². The van der Waals surface area contributed by atoms with E-state index in [1.54, 1.807) is 0 Å². The largest absolute Gasteiger partial charge is 0.480 e. The molecular weight excluding hydrogens is 320 g/mol. The van der Waals surface area contributed by atoms with Gasteiger partial charge in [-0.1, -0.05) is 12.2 Å². The minimum Gasteiger partial charge on any atom is -0.480 e. The van der Waals surface area contributed by atoms with Gasteiger partial charge in [0.15, 0.2) is 0 Å². The van der Waals surface area contributed by atoms with Crippen molar-refractivity contribution in [3.05, 3.63) is 53.1 Å². The van der Waals surface area contributed by atoms with Gasteiger partial charge in [-0.2, -0.15) is 0 Å². The smallest absolute Gasteiger partial charge is 0.335 e. The molecule has 0 aromatic heterocycles. The minimum atomic E-state index is -2.28. The Morgan fingerprint density at radius 3 is 1.75 bits per heavy atom. The molecule has 124 valence electrons. The van der Waals surface area contributed by atoms with Gasteiger partial charge in [-0.05, 0) is 41.8 Å². The van der Waals surface area contributed by atoms with E-state index in [9.17, 15) is 29.4 Å². The molecule has 8 heteroatoms. The number of carboxylic acids is 4. The Balaban J connectivity index is 2.65. The van der Waals surface area contributed by atoms with Gasteiger partial charge in [-0.15, -0.1) is 0 Å². The van der Waals surface area contributed by atoms with Crippen LogP contribution in [0.4, 0.5) is 0 Å². The molecule has 0 spiro atoms. The molecule has 2 rings (SSSR count). The van der Waals surface area contributed by atoms with Gasteiger partial charge in [0.2, 0.25) is 5.41 Å². The van der Waals surface area contributed by atoms with Gasteiger partial charge in [0.05, 0.1) is 11.1 Å². The molecule has 1 aliphatic carbocycles. The molecule has 0 aliphatic heterocycles. The van der Waals surface area contributed by atoms with Crippen molar-refractivity contribution in [3.63, 3.8) is 0 Å². The number of aromatic carboxylic acids is 2. The minimum absolute atomic E-state index is 0.142. The van der Waals surface area contributed by atoms with Crippen molar-refractivity contribution in [2.75, 3.05) is 0 Å². The summed E-state index contributed by atoms with van der Waals surface area (Å²) >= 11 is 0. The number of allylic oxidation sites excluding steroid dienone is 2. The molecular formula is C16H12O8. The number of rotatable bonds is 5. The Hall–Kier alpha value is -3.42. The van der Waals surface area contributed by atoms with Crippen LogP contribution in [0.2, 0.25) is 0 Å². The molecule has 0 unspecified atom stereocenters. The van der Waals surface area contributed by atoms with Gasteiger partial charge >= 0.3 is 23.9 Å². The Labute approximate surface area is 135 Å². The van der Waals surface area contributed by atoms with Crippen molar-refractivity contribution in [3.8, 4) is 0 Å². The van der Waals surface area contributed by atoms with Gasteiger partial charge < -0.3 is 20.4 Å². The first kappa shape index (κ1) is 16.9. The lowest BCUT2D eigenvalue weighted by atomic mass is 9.79. The highest BCUT2D eigenvalue weighted by Gasteiger charge is 2.43. The molecule has 0 heterocycles. The molecule has 1 aromatic carbocycles. The Morgan fingerprint density at radius 2 is 1.33 bits per heavy atom. The normalized spacial score (nSPS) is 15.4. The van der Waals surface area contributed by atoms with E-state index in [0.717, 1.165) is 18.2 Å². The lowest BCUT2D eigenvalue weighted by Crippen LogP contribution is -2.36.